The van der Waals surface area contributed by atoms with E-state index in [9.17, 15) is 0 Å². The highest BCUT2D eigenvalue weighted by Crippen LogP contribution is 2.40. The zero-order valence-electron chi connectivity index (χ0n) is 20.5. The second kappa shape index (κ2) is 11.9. The van der Waals surface area contributed by atoms with Gasteiger partial charge in [-0.2, -0.15) is 0 Å². The van der Waals surface area contributed by atoms with Gasteiger partial charge in [-0.05, 0) is 73.2 Å². The Morgan fingerprint density at radius 3 is 1.24 bits per heavy atom. The summed E-state index contributed by atoms with van der Waals surface area (Å²) in [5, 5.41) is 0. The predicted octanol–water partition coefficient (Wildman–Crippen LogP) is 9.79. The van der Waals surface area contributed by atoms with Crippen LogP contribution in [0.25, 0.3) is 30.6 Å². The first kappa shape index (κ1) is 24.9. The van der Waals surface area contributed by atoms with Gasteiger partial charge in [-0.25, -0.2) is 0 Å². The Morgan fingerprint density at radius 1 is 0.529 bits per heavy atom. The fourth-order valence-corrected chi connectivity index (χ4v) is 5.98. The lowest BCUT2D eigenvalue weighted by molar-refractivity contribution is 0.0661. The van der Waals surface area contributed by atoms with Crippen LogP contribution in [-0.2, 0) is 9.47 Å². The van der Waals surface area contributed by atoms with Crippen LogP contribution in [0.3, 0.4) is 0 Å². The van der Waals surface area contributed by atoms with Gasteiger partial charge in [0.25, 0.3) is 0 Å². The Hall–Kier alpha value is -2.24. The fourth-order valence-electron chi connectivity index (χ4n) is 3.87. The summed E-state index contributed by atoms with van der Waals surface area (Å²) in [5.41, 5.74) is 4.98. The van der Waals surface area contributed by atoms with Gasteiger partial charge in [0.05, 0.1) is 12.2 Å². The first-order valence-corrected chi connectivity index (χ1v) is 13.9. The maximum Gasteiger partial charge on any atom is 0.0796 e. The molecular formula is C30H34O2S2. The highest BCUT2D eigenvalue weighted by molar-refractivity contribution is 7.25. The molecule has 0 aliphatic rings. The van der Waals surface area contributed by atoms with Crippen molar-refractivity contribution in [3.8, 4) is 30.6 Å². The average molecular weight is 491 g/mol. The monoisotopic (exact) mass is 490 g/mol. The van der Waals surface area contributed by atoms with Crippen LogP contribution in [0, 0.1) is 0 Å². The van der Waals surface area contributed by atoms with E-state index in [0.717, 1.165) is 26.1 Å². The van der Waals surface area contributed by atoms with Crippen LogP contribution < -0.4 is 0 Å². The van der Waals surface area contributed by atoms with Gasteiger partial charge in [-0.3, -0.25) is 0 Å². The molecule has 2 atom stereocenters. The smallest absolute Gasteiger partial charge is 0.0796 e. The normalized spacial score (nSPS) is 13.2. The quantitative estimate of drug-likeness (QED) is 0.208. The summed E-state index contributed by atoms with van der Waals surface area (Å²) in [6.45, 7) is 10.1. The van der Waals surface area contributed by atoms with Gasteiger partial charge >= 0.3 is 0 Å². The van der Waals surface area contributed by atoms with Crippen molar-refractivity contribution in [3.63, 3.8) is 0 Å². The lowest BCUT2D eigenvalue weighted by atomic mass is 10.1. The third-order valence-electron chi connectivity index (χ3n) is 5.93. The van der Waals surface area contributed by atoms with Crippen molar-refractivity contribution in [3.05, 3.63) is 83.9 Å². The lowest BCUT2D eigenvalue weighted by Crippen LogP contribution is -2.00. The van der Waals surface area contributed by atoms with E-state index in [1.54, 1.807) is 0 Å². The van der Waals surface area contributed by atoms with Crippen LogP contribution in [-0.4, -0.2) is 13.2 Å². The van der Waals surface area contributed by atoms with Crippen molar-refractivity contribution in [2.75, 3.05) is 13.2 Å². The van der Waals surface area contributed by atoms with Gasteiger partial charge in [0.2, 0.25) is 0 Å². The van der Waals surface area contributed by atoms with E-state index in [4.69, 9.17) is 9.47 Å². The van der Waals surface area contributed by atoms with Gasteiger partial charge in [-0.1, -0.05) is 62.4 Å². The topological polar surface area (TPSA) is 18.5 Å². The summed E-state index contributed by atoms with van der Waals surface area (Å²) in [4.78, 5) is 5.22. The maximum absolute atomic E-state index is 5.85. The lowest BCUT2D eigenvalue weighted by Gasteiger charge is -2.13. The molecule has 0 N–H and O–H groups in total. The number of ether oxygens (including phenoxy) is 2. The summed E-state index contributed by atoms with van der Waals surface area (Å²) < 4.78 is 11.7. The Morgan fingerprint density at radius 2 is 0.882 bits per heavy atom. The van der Waals surface area contributed by atoms with E-state index < -0.39 is 0 Å². The van der Waals surface area contributed by atoms with Crippen LogP contribution in [0.5, 0.6) is 0 Å². The summed E-state index contributed by atoms with van der Waals surface area (Å²) in [6, 6.07) is 26.6. The van der Waals surface area contributed by atoms with Crippen molar-refractivity contribution in [1.29, 1.82) is 0 Å². The molecule has 34 heavy (non-hydrogen) atoms. The van der Waals surface area contributed by atoms with Crippen LogP contribution >= 0.6 is 22.7 Å². The summed E-state index contributed by atoms with van der Waals surface area (Å²) in [6.07, 6.45) is 2.37. The SMILES string of the molecule is CCCOC(C)c1ccc(-c2ccc(-c3ccc(-c4ccc(C(C)OCCC)cc4)s3)s2)cc1. The van der Waals surface area contributed by atoms with Crippen LogP contribution in [0.4, 0.5) is 0 Å². The Labute approximate surface area is 212 Å². The number of hydrogen-bond donors (Lipinski definition) is 0. The van der Waals surface area contributed by atoms with E-state index in [1.165, 1.54) is 41.8 Å². The zero-order valence-corrected chi connectivity index (χ0v) is 22.2. The molecule has 0 aliphatic carbocycles. The predicted molar refractivity (Wildman–Crippen MR) is 148 cm³/mol. The van der Waals surface area contributed by atoms with Gasteiger partial charge in [0, 0.05) is 32.7 Å². The third kappa shape index (κ3) is 6.05. The number of rotatable bonds is 11. The number of thiophene rings is 2. The van der Waals surface area contributed by atoms with Crippen LogP contribution in [0.15, 0.2) is 72.8 Å². The van der Waals surface area contributed by atoms with Crippen molar-refractivity contribution < 1.29 is 9.47 Å². The van der Waals surface area contributed by atoms with Crippen LogP contribution in [0.1, 0.15) is 63.9 Å². The highest BCUT2D eigenvalue weighted by atomic mass is 32.1. The summed E-state index contributed by atoms with van der Waals surface area (Å²) in [7, 11) is 0. The summed E-state index contributed by atoms with van der Waals surface area (Å²) in [5.74, 6) is 0. The Kier molecular flexibility index (Phi) is 8.74. The molecule has 0 amide bonds. The Bertz CT molecular complexity index is 1060. The van der Waals surface area contributed by atoms with E-state index in [1.807, 2.05) is 22.7 Å². The maximum atomic E-state index is 5.85. The number of benzene rings is 2. The second-order valence-corrected chi connectivity index (χ2v) is 10.8. The highest BCUT2D eigenvalue weighted by Gasteiger charge is 2.11. The van der Waals surface area contributed by atoms with Crippen molar-refractivity contribution in [1.82, 2.24) is 0 Å². The van der Waals surface area contributed by atoms with E-state index in [-0.39, 0.29) is 12.2 Å². The van der Waals surface area contributed by atoms with Gasteiger partial charge < -0.3 is 9.47 Å². The van der Waals surface area contributed by atoms with Crippen molar-refractivity contribution in [2.24, 2.45) is 0 Å². The Balaban J connectivity index is 1.44. The molecule has 0 spiro atoms. The molecule has 2 aromatic carbocycles. The fraction of sp³-hybridized carbons (Fsp3) is 0.333. The molecule has 0 fully saturated rings. The average Bonchev–Trinajstić information content (AvgIpc) is 3.56. The molecule has 0 radical (unpaired) electrons. The van der Waals surface area contributed by atoms with Crippen LogP contribution in [0.2, 0.25) is 0 Å². The summed E-state index contributed by atoms with van der Waals surface area (Å²) >= 11 is 3.70. The molecule has 0 saturated heterocycles. The number of hydrogen-bond acceptors (Lipinski definition) is 4. The van der Waals surface area contributed by atoms with Crippen molar-refractivity contribution >= 4 is 22.7 Å². The first-order chi connectivity index (χ1) is 16.6. The minimum absolute atomic E-state index is 0.138. The minimum atomic E-state index is 0.138. The van der Waals surface area contributed by atoms with E-state index in [2.05, 4.69) is 100 Å². The molecule has 2 nitrogen and oxygen atoms in total. The van der Waals surface area contributed by atoms with Gasteiger partial charge in [-0.15, -0.1) is 22.7 Å². The minimum Gasteiger partial charge on any atom is -0.374 e. The molecule has 0 bridgehead atoms. The molecular weight excluding hydrogens is 456 g/mol. The molecule has 4 rings (SSSR count). The first-order valence-electron chi connectivity index (χ1n) is 12.2. The zero-order chi connectivity index (χ0) is 23.9. The standard InChI is InChI=1S/C30H34O2S2/c1-5-19-31-21(3)23-7-11-25(12-8-23)27-15-17-29(33-27)30-18-16-28(34-30)26-13-9-24(10-14-26)22(4)32-20-6-2/h7-18,21-22H,5-6,19-20H2,1-4H3. The largest absolute Gasteiger partial charge is 0.374 e. The molecule has 178 valence electrons. The molecule has 0 aliphatic heterocycles. The second-order valence-electron chi connectivity index (χ2n) is 8.60. The third-order valence-corrected chi connectivity index (χ3v) is 8.39. The molecule has 2 aromatic heterocycles. The van der Waals surface area contributed by atoms with E-state index >= 15 is 0 Å². The molecule has 2 heterocycles. The molecule has 2 unspecified atom stereocenters. The van der Waals surface area contributed by atoms with Gasteiger partial charge in [0.1, 0.15) is 0 Å². The molecule has 0 saturated carbocycles. The molecule has 4 heteroatoms. The molecule has 4 aromatic rings. The van der Waals surface area contributed by atoms with E-state index in [0.29, 0.717) is 0 Å². The van der Waals surface area contributed by atoms with Gasteiger partial charge in [0.15, 0.2) is 0 Å². The van der Waals surface area contributed by atoms with Crippen molar-refractivity contribution in [2.45, 2.75) is 52.7 Å².